The number of carbonyl (C=O) groups excluding carboxylic acids is 2. The lowest BCUT2D eigenvalue weighted by atomic mass is 9.93. The summed E-state index contributed by atoms with van der Waals surface area (Å²) in [5.74, 6) is 0.275. The van der Waals surface area contributed by atoms with E-state index in [0.717, 1.165) is 42.9 Å². The Morgan fingerprint density at radius 2 is 1.80 bits per heavy atom. The molecule has 1 aromatic heterocycles. The summed E-state index contributed by atoms with van der Waals surface area (Å²) in [6.45, 7) is 1.47. The summed E-state index contributed by atoms with van der Waals surface area (Å²) in [6, 6.07) is 14.3. The van der Waals surface area contributed by atoms with Gasteiger partial charge < -0.3 is 15.6 Å². The molecule has 0 bridgehead atoms. The second kappa shape index (κ2) is 8.01. The molecule has 1 saturated heterocycles. The number of nitrogens with zero attached hydrogens (tertiary/aromatic N) is 1. The number of carbonyl (C=O) groups is 2. The number of amides is 2. The van der Waals surface area contributed by atoms with Gasteiger partial charge >= 0.3 is 0 Å². The summed E-state index contributed by atoms with van der Waals surface area (Å²) >= 11 is 0. The van der Waals surface area contributed by atoms with Crippen molar-refractivity contribution in [1.82, 2.24) is 9.88 Å². The number of hydrogen-bond donors (Lipinski definition) is 2. The molecule has 2 aromatic rings. The second-order valence-corrected chi connectivity index (χ2v) is 6.76. The number of piperidine rings is 1. The van der Waals surface area contributed by atoms with Crippen LogP contribution in [0.1, 0.15) is 31.4 Å². The lowest BCUT2D eigenvalue weighted by molar-refractivity contribution is -0.132. The SMILES string of the molecule is NC(=O)CC1CCN(C(=O)CCc2ccc(-c3ccccc3)[nH]2)CC1. The highest BCUT2D eigenvalue weighted by atomic mass is 16.2. The molecule has 3 N–H and O–H groups in total. The minimum atomic E-state index is -0.245. The van der Waals surface area contributed by atoms with Crippen molar-refractivity contribution in [2.45, 2.75) is 32.1 Å². The average Bonchev–Trinajstić information content (AvgIpc) is 3.10. The molecule has 1 aromatic carbocycles. The third-order valence-electron chi connectivity index (χ3n) is 4.90. The van der Waals surface area contributed by atoms with Gasteiger partial charge in [-0.2, -0.15) is 0 Å². The van der Waals surface area contributed by atoms with E-state index >= 15 is 0 Å². The van der Waals surface area contributed by atoms with Crippen LogP contribution in [0.5, 0.6) is 0 Å². The molecule has 5 heteroatoms. The fourth-order valence-corrected chi connectivity index (χ4v) is 3.44. The highest BCUT2D eigenvalue weighted by Gasteiger charge is 2.23. The van der Waals surface area contributed by atoms with Crippen LogP contribution in [0.2, 0.25) is 0 Å². The molecule has 2 amide bonds. The molecular weight excluding hydrogens is 314 g/mol. The van der Waals surface area contributed by atoms with E-state index in [-0.39, 0.29) is 11.8 Å². The topological polar surface area (TPSA) is 79.2 Å². The molecule has 3 rings (SSSR count). The van der Waals surface area contributed by atoms with Crippen LogP contribution in [0.3, 0.4) is 0 Å². The minimum Gasteiger partial charge on any atom is -0.370 e. The van der Waals surface area contributed by atoms with Crippen molar-refractivity contribution in [3.05, 3.63) is 48.2 Å². The second-order valence-electron chi connectivity index (χ2n) is 6.76. The number of benzene rings is 1. The van der Waals surface area contributed by atoms with Crippen molar-refractivity contribution in [1.29, 1.82) is 0 Å². The number of primary amides is 1. The summed E-state index contributed by atoms with van der Waals surface area (Å²) in [6.07, 6.45) is 3.40. The molecule has 5 nitrogen and oxygen atoms in total. The van der Waals surface area contributed by atoms with Crippen molar-refractivity contribution < 1.29 is 9.59 Å². The maximum absolute atomic E-state index is 12.4. The van der Waals surface area contributed by atoms with Gasteiger partial charge in [-0.1, -0.05) is 30.3 Å². The Bertz CT molecular complexity index is 716. The van der Waals surface area contributed by atoms with Crippen LogP contribution in [0.25, 0.3) is 11.3 Å². The van der Waals surface area contributed by atoms with Crippen molar-refractivity contribution >= 4 is 11.8 Å². The quantitative estimate of drug-likeness (QED) is 0.849. The fraction of sp³-hybridized carbons (Fsp3) is 0.400. The molecule has 25 heavy (non-hydrogen) atoms. The van der Waals surface area contributed by atoms with Gasteiger partial charge in [0.2, 0.25) is 11.8 Å². The first-order valence-corrected chi connectivity index (χ1v) is 8.91. The summed E-state index contributed by atoms with van der Waals surface area (Å²) < 4.78 is 0. The van der Waals surface area contributed by atoms with E-state index in [9.17, 15) is 9.59 Å². The van der Waals surface area contributed by atoms with Crippen molar-refractivity contribution in [2.75, 3.05) is 13.1 Å². The molecule has 0 saturated carbocycles. The van der Waals surface area contributed by atoms with Gasteiger partial charge in [0.1, 0.15) is 0 Å². The zero-order valence-corrected chi connectivity index (χ0v) is 14.4. The average molecular weight is 339 g/mol. The summed E-state index contributed by atoms with van der Waals surface area (Å²) in [7, 11) is 0. The summed E-state index contributed by atoms with van der Waals surface area (Å²) in [4.78, 5) is 28.7. The van der Waals surface area contributed by atoms with E-state index < -0.39 is 0 Å². The first-order valence-electron chi connectivity index (χ1n) is 8.91. The molecule has 0 radical (unpaired) electrons. The number of aromatic amines is 1. The Morgan fingerprint density at radius 1 is 1.08 bits per heavy atom. The van der Waals surface area contributed by atoms with Gasteiger partial charge in [-0.05, 0) is 42.9 Å². The van der Waals surface area contributed by atoms with Crippen LogP contribution in [0.15, 0.2) is 42.5 Å². The lowest BCUT2D eigenvalue weighted by Gasteiger charge is -2.31. The Hall–Kier alpha value is -2.56. The third-order valence-corrected chi connectivity index (χ3v) is 4.90. The Balaban J connectivity index is 1.47. The van der Waals surface area contributed by atoms with E-state index in [4.69, 9.17) is 5.73 Å². The molecule has 1 aliphatic heterocycles. The number of likely N-dealkylation sites (tertiary alicyclic amines) is 1. The number of H-pyrrole nitrogens is 1. The largest absolute Gasteiger partial charge is 0.370 e. The number of aromatic nitrogens is 1. The molecule has 0 spiro atoms. The maximum Gasteiger partial charge on any atom is 0.222 e. The van der Waals surface area contributed by atoms with E-state index in [1.54, 1.807) is 0 Å². The van der Waals surface area contributed by atoms with E-state index in [2.05, 4.69) is 29.2 Å². The normalized spacial score (nSPS) is 15.3. The molecular formula is C20H25N3O2. The smallest absolute Gasteiger partial charge is 0.222 e. The van der Waals surface area contributed by atoms with Crippen LogP contribution in [-0.2, 0) is 16.0 Å². The fourth-order valence-electron chi connectivity index (χ4n) is 3.44. The van der Waals surface area contributed by atoms with Gasteiger partial charge in [0.25, 0.3) is 0 Å². The molecule has 132 valence electrons. The first-order chi connectivity index (χ1) is 12.1. The molecule has 0 unspecified atom stereocenters. The van der Waals surface area contributed by atoms with E-state index in [0.29, 0.717) is 25.2 Å². The van der Waals surface area contributed by atoms with Crippen LogP contribution in [0.4, 0.5) is 0 Å². The number of nitrogens with two attached hydrogens (primary N) is 1. The predicted octanol–water partition coefficient (Wildman–Crippen LogP) is 2.73. The Morgan fingerprint density at radius 3 is 2.48 bits per heavy atom. The van der Waals surface area contributed by atoms with Crippen molar-refractivity contribution in [2.24, 2.45) is 11.7 Å². The summed E-state index contributed by atoms with van der Waals surface area (Å²) in [5, 5.41) is 0. The van der Waals surface area contributed by atoms with Crippen molar-refractivity contribution in [3.63, 3.8) is 0 Å². The molecule has 0 atom stereocenters. The van der Waals surface area contributed by atoms with Crippen LogP contribution >= 0.6 is 0 Å². The molecule has 0 aliphatic carbocycles. The molecule has 2 heterocycles. The standard InChI is InChI=1S/C20H25N3O2/c21-19(24)14-15-10-12-23(13-11-15)20(25)9-7-17-6-8-18(22-17)16-4-2-1-3-5-16/h1-6,8,15,22H,7,9-14H2,(H2,21,24). The van der Waals surface area contributed by atoms with Gasteiger partial charge in [0.15, 0.2) is 0 Å². The number of nitrogens with one attached hydrogen (secondary N) is 1. The zero-order chi connectivity index (χ0) is 17.6. The lowest BCUT2D eigenvalue weighted by Crippen LogP contribution is -2.39. The highest BCUT2D eigenvalue weighted by Crippen LogP contribution is 2.22. The Labute approximate surface area is 148 Å². The molecule has 1 aliphatic rings. The number of rotatable bonds is 6. The minimum absolute atomic E-state index is 0.188. The van der Waals surface area contributed by atoms with Gasteiger partial charge in [-0.3, -0.25) is 9.59 Å². The predicted molar refractivity (Wildman–Crippen MR) is 97.7 cm³/mol. The number of hydrogen-bond acceptors (Lipinski definition) is 2. The van der Waals surface area contributed by atoms with Crippen LogP contribution < -0.4 is 5.73 Å². The highest BCUT2D eigenvalue weighted by molar-refractivity contribution is 5.77. The first kappa shape index (κ1) is 17.3. The molecule has 1 fully saturated rings. The Kier molecular flexibility index (Phi) is 5.53. The van der Waals surface area contributed by atoms with E-state index in [1.165, 1.54) is 0 Å². The van der Waals surface area contributed by atoms with E-state index in [1.807, 2.05) is 23.1 Å². The monoisotopic (exact) mass is 339 g/mol. The van der Waals surface area contributed by atoms with Gasteiger partial charge in [-0.25, -0.2) is 0 Å². The number of aryl methyl sites for hydroxylation is 1. The van der Waals surface area contributed by atoms with Gasteiger partial charge in [0, 0.05) is 37.3 Å². The van der Waals surface area contributed by atoms with Gasteiger partial charge in [-0.15, -0.1) is 0 Å². The zero-order valence-electron chi connectivity index (χ0n) is 14.4. The summed E-state index contributed by atoms with van der Waals surface area (Å²) in [5.41, 5.74) is 8.56. The van der Waals surface area contributed by atoms with Crippen molar-refractivity contribution in [3.8, 4) is 11.3 Å². The van der Waals surface area contributed by atoms with Crippen LogP contribution in [-0.4, -0.2) is 34.8 Å². The van der Waals surface area contributed by atoms with Crippen LogP contribution in [0, 0.1) is 5.92 Å². The maximum atomic E-state index is 12.4. The van der Waals surface area contributed by atoms with Gasteiger partial charge in [0.05, 0.1) is 0 Å². The third kappa shape index (κ3) is 4.72.